The van der Waals surface area contributed by atoms with Crippen molar-refractivity contribution in [3.05, 3.63) is 12.2 Å². The molecule has 0 heterocycles. The summed E-state index contributed by atoms with van der Waals surface area (Å²) >= 11 is 0. The highest BCUT2D eigenvalue weighted by Gasteiger charge is 2.01. The van der Waals surface area contributed by atoms with Gasteiger partial charge in [-0.2, -0.15) is 0 Å². The average molecular weight is 187 g/mol. The predicted molar refractivity (Wildman–Crippen MR) is 53.7 cm³/mol. The SMILES string of the molecule is C=C(C)COCCC[Si](C)OC. The van der Waals surface area contributed by atoms with Gasteiger partial charge < -0.3 is 9.16 Å². The summed E-state index contributed by atoms with van der Waals surface area (Å²) in [6.07, 6.45) is 1.10. The fourth-order valence-corrected chi connectivity index (χ4v) is 1.62. The third-order valence-corrected chi connectivity index (χ3v) is 3.27. The minimum absolute atomic E-state index is 0.532. The van der Waals surface area contributed by atoms with Crippen molar-refractivity contribution < 1.29 is 9.16 Å². The van der Waals surface area contributed by atoms with Crippen LogP contribution in [0.5, 0.6) is 0 Å². The molecule has 71 valence electrons. The van der Waals surface area contributed by atoms with Crippen LogP contribution >= 0.6 is 0 Å². The lowest BCUT2D eigenvalue weighted by Gasteiger charge is -2.06. The summed E-state index contributed by atoms with van der Waals surface area (Å²) in [6, 6.07) is 1.16. The zero-order chi connectivity index (χ0) is 9.40. The van der Waals surface area contributed by atoms with Gasteiger partial charge in [0.1, 0.15) is 0 Å². The molecule has 0 amide bonds. The summed E-state index contributed by atoms with van der Waals surface area (Å²) in [5.74, 6) is 0. The maximum absolute atomic E-state index is 5.35. The van der Waals surface area contributed by atoms with Gasteiger partial charge in [-0.1, -0.05) is 12.2 Å². The Balaban J connectivity index is 3.05. The first-order valence-electron chi connectivity index (χ1n) is 4.25. The van der Waals surface area contributed by atoms with Crippen molar-refractivity contribution in [1.82, 2.24) is 0 Å². The van der Waals surface area contributed by atoms with Gasteiger partial charge in [-0.25, -0.2) is 0 Å². The Hall–Kier alpha value is -0.123. The maximum Gasteiger partial charge on any atom is 0.207 e. The molecule has 3 heteroatoms. The summed E-state index contributed by atoms with van der Waals surface area (Å²) in [5.41, 5.74) is 1.09. The summed E-state index contributed by atoms with van der Waals surface area (Å²) in [4.78, 5) is 0. The third kappa shape index (κ3) is 7.98. The Morgan fingerprint density at radius 2 is 2.17 bits per heavy atom. The molecule has 0 aromatic carbocycles. The van der Waals surface area contributed by atoms with Crippen LogP contribution in [0.4, 0.5) is 0 Å². The van der Waals surface area contributed by atoms with Gasteiger partial charge in [0.05, 0.1) is 6.61 Å². The summed E-state index contributed by atoms with van der Waals surface area (Å²) in [7, 11) is 1.25. The summed E-state index contributed by atoms with van der Waals surface area (Å²) in [6.45, 7) is 9.43. The Labute approximate surface area is 77.3 Å². The number of hydrogen-bond donors (Lipinski definition) is 0. The van der Waals surface area contributed by atoms with Gasteiger partial charge >= 0.3 is 0 Å². The minimum atomic E-state index is -0.532. The molecule has 0 fully saturated rings. The van der Waals surface area contributed by atoms with Crippen molar-refractivity contribution in [3.63, 3.8) is 0 Å². The Morgan fingerprint density at radius 1 is 1.50 bits per heavy atom. The second-order valence-corrected chi connectivity index (χ2v) is 5.33. The van der Waals surface area contributed by atoms with Crippen LogP contribution in [0, 0.1) is 0 Å². The van der Waals surface area contributed by atoms with E-state index in [9.17, 15) is 0 Å². The van der Waals surface area contributed by atoms with Gasteiger partial charge in [0.25, 0.3) is 0 Å². The van der Waals surface area contributed by atoms with Crippen molar-refractivity contribution in [2.24, 2.45) is 0 Å². The second-order valence-electron chi connectivity index (χ2n) is 3.02. The fraction of sp³-hybridized carbons (Fsp3) is 0.778. The van der Waals surface area contributed by atoms with Crippen LogP contribution in [0.15, 0.2) is 12.2 Å². The first-order valence-corrected chi connectivity index (χ1v) is 6.37. The molecule has 2 nitrogen and oxygen atoms in total. The van der Waals surface area contributed by atoms with E-state index in [0.29, 0.717) is 6.61 Å². The monoisotopic (exact) mass is 187 g/mol. The van der Waals surface area contributed by atoms with Crippen LogP contribution in [0.25, 0.3) is 0 Å². The van der Waals surface area contributed by atoms with Crippen molar-refractivity contribution in [2.75, 3.05) is 20.3 Å². The molecule has 0 aromatic heterocycles. The fourth-order valence-electron chi connectivity index (χ4n) is 0.772. The van der Waals surface area contributed by atoms with E-state index in [2.05, 4.69) is 13.1 Å². The molecule has 0 rings (SSSR count). The molecule has 0 aliphatic carbocycles. The van der Waals surface area contributed by atoms with E-state index in [1.807, 2.05) is 6.92 Å². The lowest BCUT2D eigenvalue weighted by atomic mass is 10.4. The molecular weight excluding hydrogens is 168 g/mol. The van der Waals surface area contributed by atoms with Crippen LogP contribution in [-0.2, 0) is 9.16 Å². The van der Waals surface area contributed by atoms with E-state index in [0.717, 1.165) is 24.6 Å². The molecule has 1 radical (unpaired) electrons. The smallest absolute Gasteiger partial charge is 0.207 e. The van der Waals surface area contributed by atoms with Gasteiger partial charge in [-0.3, -0.25) is 0 Å². The lowest BCUT2D eigenvalue weighted by molar-refractivity contribution is 0.156. The van der Waals surface area contributed by atoms with Crippen molar-refractivity contribution in [2.45, 2.75) is 25.9 Å². The molecule has 0 saturated carbocycles. The van der Waals surface area contributed by atoms with Gasteiger partial charge in [-0.05, 0) is 25.9 Å². The van der Waals surface area contributed by atoms with Crippen molar-refractivity contribution in [3.8, 4) is 0 Å². The first-order chi connectivity index (χ1) is 5.66. The summed E-state index contributed by atoms with van der Waals surface area (Å²) in [5, 5.41) is 0. The van der Waals surface area contributed by atoms with Gasteiger partial charge in [0.15, 0.2) is 0 Å². The van der Waals surface area contributed by atoms with Gasteiger partial charge in [-0.15, -0.1) is 0 Å². The molecule has 0 spiro atoms. The van der Waals surface area contributed by atoms with E-state index in [4.69, 9.17) is 9.16 Å². The molecule has 12 heavy (non-hydrogen) atoms. The highest BCUT2D eigenvalue weighted by atomic mass is 28.3. The van der Waals surface area contributed by atoms with Crippen molar-refractivity contribution in [1.29, 1.82) is 0 Å². The van der Waals surface area contributed by atoms with E-state index >= 15 is 0 Å². The normalized spacial score (nSPS) is 10.7. The topological polar surface area (TPSA) is 18.5 Å². The van der Waals surface area contributed by atoms with E-state index in [1.54, 1.807) is 7.11 Å². The quantitative estimate of drug-likeness (QED) is 0.346. The largest absolute Gasteiger partial charge is 0.420 e. The zero-order valence-corrected chi connectivity index (χ0v) is 9.35. The number of rotatable bonds is 7. The van der Waals surface area contributed by atoms with Crippen LogP contribution in [-0.4, -0.2) is 29.4 Å². The molecule has 0 N–H and O–H groups in total. The molecule has 0 unspecified atom stereocenters. The molecule has 0 aliphatic heterocycles. The summed E-state index contributed by atoms with van der Waals surface area (Å²) < 4.78 is 10.6. The second kappa shape index (κ2) is 7.52. The Bertz CT molecular complexity index is 126. The lowest BCUT2D eigenvalue weighted by Crippen LogP contribution is -2.11. The molecular formula is C9H19O2Si. The van der Waals surface area contributed by atoms with Crippen LogP contribution in [0.2, 0.25) is 12.6 Å². The first kappa shape index (κ1) is 11.9. The molecule has 0 saturated heterocycles. The molecule has 0 aromatic rings. The number of hydrogen-bond acceptors (Lipinski definition) is 2. The van der Waals surface area contributed by atoms with Gasteiger partial charge in [0, 0.05) is 13.7 Å². The van der Waals surface area contributed by atoms with Crippen molar-refractivity contribution >= 4 is 9.04 Å². The highest BCUT2D eigenvalue weighted by Crippen LogP contribution is 1.99. The Morgan fingerprint density at radius 3 is 2.67 bits per heavy atom. The van der Waals surface area contributed by atoms with Crippen LogP contribution < -0.4 is 0 Å². The zero-order valence-electron chi connectivity index (χ0n) is 8.35. The minimum Gasteiger partial charge on any atom is -0.420 e. The third-order valence-electron chi connectivity index (χ3n) is 1.51. The Kier molecular flexibility index (Phi) is 7.44. The van der Waals surface area contributed by atoms with Crippen LogP contribution in [0.3, 0.4) is 0 Å². The molecule has 0 aliphatic rings. The van der Waals surface area contributed by atoms with Gasteiger partial charge in [0.2, 0.25) is 9.04 Å². The molecule has 0 atom stereocenters. The standard InChI is InChI=1S/C9H19O2Si/c1-9(2)8-11-6-5-7-12(4)10-3/h1,5-8H2,2-4H3. The maximum atomic E-state index is 5.35. The predicted octanol–water partition coefficient (Wildman–Crippen LogP) is 2.24. The molecule has 0 bridgehead atoms. The highest BCUT2D eigenvalue weighted by molar-refractivity contribution is 6.50. The van der Waals surface area contributed by atoms with Crippen LogP contribution in [0.1, 0.15) is 13.3 Å². The van der Waals surface area contributed by atoms with E-state index < -0.39 is 9.04 Å². The number of ether oxygens (including phenoxy) is 1. The average Bonchev–Trinajstić information content (AvgIpc) is 2.03. The van der Waals surface area contributed by atoms with E-state index in [-0.39, 0.29) is 0 Å². The van der Waals surface area contributed by atoms with E-state index in [1.165, 1.54) is 0 Å².